The van der Waals surface area contributed by atoms with Crippen molar-refractivity contribution >= 4 is 0 Å². The van der Waals surface area contributed by atoms with Crippen LogP contribution >= 0.6 is 0 Å². The van der Waals surface area contributed by atoms with E-state index in [1.165, 1.54) is 62.5 Å². The lowest BCUT2D eigenvalue weighted by Crippen LogP contribution is -2.11. The highest BCUT2D eigenvalue weighted by atomic mass is 14.3. The van der Waals surface area contributed by atoms with Crippen molar-refractivity contribution in [2.45, 2.75) is 64.2 Å². The second-order valence-corrected chi connectivity index (χ2v) is 6.30. The molecule has 1 aromatic carbocycles. The summed E-state index contributed by atoms with van der Waals surface area (Å²) in [6, 6.07) is 11.4. The smallest absolute Gasteiger partial charge is 0.0908 e. The fourth-order valence-electron chi connectivity index (χ4n) is 3.36. The highest BCUT2D eigenvalue weighted by Gasteiger charge is 2.20. The molecule has 1 aliphatic carbocycles. The van der Waals surface area contributed by atoms with Crippen LogP contribution in [0.1, 0.15) is 68.9 Å². The molecule has 112 valence electrons. The Morgan fingerprint density at radius 3 is 2.43 bits per heavy atom. The Morgan fingerprint density at radius 1 is 1.10 bits per heavy atom. The van der Waals surface area contributed by atoms with Gasteiger partial charge in [0.2, 0.25) is 0 Å². The minimum Gasteiger partial charge on any atom is -0.193 e. The van der Waals surface area contributed by atoms with Crippen LogP contribution in [0.5, 0.6) is 0 Å². The summed E-state index contributed by atoms with van der Waals surface area (Å²) in [7, 11) is 0. The van der Waals surface area contributed by atoms with E-state index >= 15 is 0 Å². The van der Waals surface area contributed by atoms with Crippen LogP contribution in [0.25, 0.3) is 0 Å². The number of benzene rings is 1. The van der Waals surface area contributed by atoms with Crippen LogP contribution in [0, 0.1) is 17.2 Å². The van der Waals surface area contributed by atoms with Gasteiger partial charge in [-0.05, 0) is 61.5 Å². The van der Waals surface area contributed by atoms with Gasteiger partial charge in [-0.2, -0.15) is 5.26 Å². The number of nitrogens with zero attached hydrogens (tertiary/aromatic N) is 1. The lowest BCUT2D eigenvalue weighted by atomic mass is 9.78. The van der Waals surface area contributed by atoms with Gasteiger partial charge >= 0.3 is 0 Å². The number of hydrogen-bond donors (Lipinski definition) is 0. The van der Waals surface area contributed by atoms with Crippen molar-refractivity contribution in [1.82, 2.24) is 0 Å². The Morgan fingerprint density at radius 2 is 1.81 bits per heavy atom. The van der Waals surface area contributed by atoms with Crippen LogP contribution < -0.4 is 0 Å². The van der Waals surface area contributed by atoms with Crippen molar-refractivity contribution in [2.75, 3.05) is 0 Å². The molecule has 0 atom stereocenters. The normalized spacial score (nSPS) is 22.3. The predicted molar refractivity (Wildman–Crippen MR) is 89.1 cm³/mol. The molecule has 1 aromatic rings. The summed E-state index contributed by atoms with van der Waals surface area (Å²) < 4.78 is 0. The monoisotopic (exact) mass is 281 g/mol. The summed E-state index contributed by atoms with van der Waals surface area (Å²) in [6.45, 7) is 2.26. The maximum atomic E-state index is 8.59. The summed E-state index contributed by atoms with van der Waals surface area (Å²) in [4.78, 5) is 0. The van der Waals surface area contributed by atoms with E-state index in [0.717, 1.165) is 5.92 Å². The molecular weight excluding hydrogens is 254 g/mol. The molecule has 1 aliphatic rings. The van der Waals surface area contributed by atoms with Crippen molar-refractivity contribution in [3.63, 3.8) is 0 Å². The van der Waals surface area contributed by atoms with Gasteiger partial charge in [0.1, 0.15) is 0 Å². The van der Waals surface area contributed by atoms with Gasteiger partial charge in [0, 0.05) is 6.08 Å². The largest absolute Gasteiger partial charge is 0.193 e. The molecule has 0 bridgehead atoms. The minimum atomic E-state index is 0.620. The van der Waals surface area contributed by atoms with E-state index in [0.29, 0.717) is 5.92 Å². The average Bonchev–Trinajstić information content (AvgIpc) is 2.54. The standard InChI is InChI=1S/C20H27N/c1-2-3-4-6-17-8-12-19(13-9-17)20-14-10-18(11-15-20)7-5-16-21/h5,7-9,12-13,18,20H,2-4,6,10-11,14-15H2,1H3/b7-5+. The number of hydrogen-bond acceptors (Lipinski definition) is 1. The highest BCUT2D eigenvalue weighted by molar-refractivity contribution is 5.26. The van der Waals surface area contributed by atoms with Gasteiger partial charge in [0.05, 0.1) is 6.07 Å². The maximum Gasteiger partial charge on any atom is 0.0908 e. The molecule has 2 rings (SSSR count). The molecule has 0 aliphatic heterocycles. The Bertz CT molecular complexity index is 470. The maximum absolute atomic E-state index is 8.59. The highest BCUT2D eigenvalue weighted by Crippen LogP contribution is 2.36. The van der Waals surface area contributed by atoms with Gasteiger partial charge in [-0.3, -0.25) is 0 Å². The number of unbranched alkanes of at least 4 members (excludes halogenated alkanes) is 2. The quantitative estimate of drug-likeness (QED) is 0.479. The molecule has 0 N–H and O–H groups in total. The van der Waals surface area contributed by atoms with Gasteiger partial charge in [0.15, 0.2) is 0 Å². The fourth-order valence-corrected chi connectivity index (χ4v) is 3.36. The third kappa shape index (κ3) is 5.05. The van der Waals surface area contributed by atoms with Crippen LogP contribution in [0.2, 0.25) is 0 Å². The second kappa shape index (κ2) is 8.67. The number of rotatable bonds is 6. The topological polar surface area (TPSA) is 23.8 Å². The summed E-state index contributed by atoms with van der Waals surface area (Å²) in [5.41, 5.74) is 3.00. The fraction of sp³-hybridized carbons (Fsp3) is 0.550. The summed E-state index contributed by atoms with van der Waals surface area (Å²) in [5.74, 6) is 1.34. The Hall–Kier alpha value is -1.55. The first-order valence-electron chi connectivity index (χ1n) is 8.48. The molecular formula is C20H27N. The van der Waals surface area contributed by atoms with Crippen molar-refractivity contribution in [2.24, 2.45) is 5.92 Å². The minimum absolute atomic E-state index is 0.620. The van der Waals surface area contributed by atoms with E-state index in [1.54, 1.807) is 6.08 Å². The van der Waals surface area contributed by atoms with E-state index in [1.807, 2.05) is 0 Å². The molecule has 21 heavy (non-hydrogen) atoms. The van der Waals surface area contributed by atoms with Crippen LogP contribution in [0.15, 0.2) is 36.4 Å². The van der Waals surface area contributed by atoms with Gasteiger partial charge in [-0.1, -0.05) is 50.1 Å². The number of nitriles is 1. The van der Waals surface area contributed by atoms with Gasteiger partial charge < -0.3 is 0 Å². The Labute approximate surface area is 129 Å². The molecule has 1 heteroatoms. The molecule has 1 fully saturated rings. The Balaban J connectivity index is 1.83. The molecule has 0 saturated heterocycles. The Kier molecular flexibility index (Phi) is 6.54. The molecule has 0 heterocycles. The summed E-state index contributed by atoms with van der Waals surface area (Å²) >= 11 is 0. The van der Waals surface area contributed by atoms with E-state index in [2.05, 4.69) is 43.3 Å². The second-order valence-electron chi connectivity index (χ2n) is 6.30. The van der Waals surface area contributed by atoms with E-state index < -0.39 is 0 Å². The zero-order valence-corrected chi connectivity index (χ0v) is 13.2. The number of allylic oxidation sites excluding steroid dienone is 2. The zero-order valence-electron chi connectivity index (χ0n) is 13.2. The van der Waals surface area contributed by atoms with Crippen LogP contribution in [0.3, 0.4) is 0 Å². The van der Waals surface area contributed by atoms with Crippen molar-refractivity contribution in [1.29, 1.82) is 5.26 Å². The SMILES string of the molecule is CCCCCc1ccc(C2CCC(/C=C/C#N)CC2)cc1. The predicted octanol–water partition coefficient (Wildman–Crippen LogP) is 5.77. The summed E-state index contributed by atoms with van der Waals surface area (Å²) in [6.07, 6.45) is 13.9. The van der Waals surface area contributed by atoms with Gasteiger partial charge in [-0.25, -0.2) is 0 Å². The molecule has 1 saturated carbocycles. The van der Waals surface area contributed by atoms with Crippen LogP contribution in [-0.4, -0.2) is 0 Å². The van der Waals surface area contributed by atoms with Crippen LogP contribution in [-0.2, 0) is 6.42 Å². The van der Waals surface area contributed by atoms with E-state index in [4.69, 9.17) is 5.26 Å². The molecule has 0 radical (unpaired) electrons. The average molecular weight is 281 g/mol. The first-order chi connectivity index (χ1) is 10.3. The zero-order chi connectivity index (χ0) is 14.9. The molecule has 0 spiro atoms. The van der Waals surface area contributed by atoms with E-state index in [-0.39, 0.29) is 0 Å². The lowest BCUT2D eigenvalue weighted by Gasteiger charge is -2.27. The summed E-state index contributed by atoms with van der Waals surface area (Å²) in [5, 5.41) is 8.59. The number of aryl methyl sites for hydroxylation is 1. The van der Waals surface area contributed by atoms with Crippen LogP contribution in [0.4, 0.5) is 0 Å². The van der Waals surface area contributed by atoms with Crippen molar-refractivity contribution in [3.8, 4) is 6.07 Å². The van der Waals surface area contributed by atoms with E-state index in [9.17, 15) is 0 Å². The van der Waals surface area contributed by atoms with Gasteiger partial charge in [0.25, 0.3) is 0 Å². The van der Waals surface area contributed by atoms with Crippen molar-refractivity contribution < 1.29 is 0 Å². The molecule has 0 amide bonds. The first-order valence-corrected chi connectivity index (χ1v) is 8.48. The third-order valence-electron chi connectivity index (χ3n) is 4.73. The lowest BCUT2D eigenvalue weighted by molar-refractivity contribution is 0.376. The molecule has 1 nitrogen and oxygen atoms in total. The van der Waals surface area contributed by atoms with Gasteiger partial charge in [-0.15, -0.1) is 0 Å². The first kappa shape index (κ1) is 15.8. The molecule has 0 aromatic heterocycles. The molecule has 0 unspecified atom stereocenters. The van der Waals surface area contributed by atoms with Crippen molar-refractivity contribution in [3.05, 3.63) is 47.5 Å². The third-order valence-corrected chi connectivity index (χ3v) is 4.73.